The van der Waals surface area contributed by atoms with Gasteiger partial charge in [-0.05, 0) is 49.1 Å². The molecule has 118 valence electrons. The van der Waals surface area contributed by atoms with Gasteiger partial charge >= 0.3 is 0 Å². The van der Waals surface area contributed by atoms with E-state index in [0.29, 0.717) is 5.92 Å². The minimum atomic E-state index is 0.0811. The summed E-state index contributed by atoms with van der Waals surface area (Å²) in [5, 5.41) is 1.61. The number of para-hydroxylation sites is 1. The van der Waals surface area contributed by atoms with Crippen molar-refractivity contribution in [3.63, 3.8) is 0 Å². The van der Waals surface area contributed by atoms with E-state index in [1.54, 1.807) is 15.9 Å². The first-order chi connectivity index (χ1) is 11.2. The number of fused-ring (bicyclic) bond motifs is 3. The van der Waals surface area contributed by atoms with Gasteiger partial charge in [-0.3, -0.25) is 9.36 Å². The molecule has 0 bridgehead atoms. The van der Waals surface area contributed by atoms with Crippen LogP contribution in [0.5, 0.6) is 0 Å². The number of thiophene rings is 1. The topological polar surface area (TPSA) is 34.9 Å². The number of hydrogen-bond donors (Lipinski definition) is 0. The fourth-order valence-corrected chi connectivity index (χ4v) is 5.30. The molecule has 0 aliphatic heterocycles. The van der Waals surface area contributed by atoms with Gasteiger partial charge in [-0.25, -0.2) is 4.98 Å². The summed E-state index contributed by atoms with van der Waals surface area (Å²) >= 11 is 3.24. The van der Waals surface area contributed by atoms with E-state index >= 15 is 0 Å². The van der Waals surface area contributed by atoms with Crippen molar-refractivity contribution >= 4 is 33.3 Å². The van der Waals surface area contributed by atoms with Gasteiger partial charge < -0.3 is 0 Å². The summed E-state index contributed by atoms with van der Waals surface area (Å²) in [7, 11) is 0. The van der Waals surface area contributed by atoms with Gasteiger partial charge in [0.05, 0.1) is 11.1 Å². The summed E-state index contributed by atoms with van der Waals surface area (Å²) in [6.07, 6.45) is 5.22. The Balaban J connectivity index is 2.04. The average Bonchev–Trinajstić information content (AvgIpc) is 2.92. The first-order valence-electron chi connectivity index (χ1n) is 7.85. The van der Waals surface area contributed by atoms with Crippen LogP contribution in [-0.2, 0) is 12.8 Å². The molecule has 4 rings (SSSR count). The Morgan fingerprint density at radius 1 is 1.30 bits per heavy atom. The Labute approximate surface area is 143 Å². The van der Waals surface area contributed by atoms with Crippen LogP contribution >= 0.6 is 23.1 Å². The number of aromatic nitrogens is 2. The monoisotopic (exact) mass is 342 g/mol. The maximum atomic E-state index is 13.2. The van der Waals surface area contributed by atoms with Crippen LogP contribution < -0.4 is 5.56 Å². The summed E-state index contributed by atoms with van der Waals surface area (Å²) in [5.41, 5.74) is 2.22. The molecule has 1 atom stereocenters. The number of nitrogens with zero attached hydrogens (tertiary/aromatic N) is 2. The molecule has 0 spiro atoms. The van der Waals surface area contributed by atoms with Crippen LogP contribution in [0.15, 0.2) is 40.3 Å². The largest absolute Gasteiger partial charge is 0.268 e. The summed E-state index contributed by atoms with van der Waals surface area (Å²) in [6.45, 7) is 2.29. The quantitative estimate of drug-likeness (QED) is 0.515. The van der Waals surface area contributed by atoms with Crippen LogP contribution in [0.2, 0.25) is 0 Å². The van der Waals surface area contributed by atoms with Gasteiger partial charge in [0.1, 0.15) is 4.83 Å². The predicted octanol–water partition coefficient (Wildman–Crippen LogP) is 4.29. The summed E-state index contributed by atoms with van der Waals surface area (Å²) in [6, 6.07) is 9.82. The van der Waals surface area contributed by atoms with Gasteiger partial charge in [0, 0.05) is 4.88 Å². The molecular weight excluding hydrogens is 324 g/mol. The van der Waals surface area contributed by atoms with Gasteiger partial charge in [0.15, 0.2) is 5.16 Å². The highest BCUT2D eigenvalue weighted by molar-refractivity contribution is 7.98. The summed E-state index contributed by atoms with van der Waals surface area (Å²) in [5.74, 6) is 0.701. The molecule has 0 saturated carbocycles. The Hall–Kier alpha value is -1.59. The van der Waals surface area contributed by atoms with Crippen molar-refractivity contribution in [2.45, 2.75) is 31.3 Å². The second kappa shape index (κ2) is 5.80. The standard InChI is InChI=1S/C18H18N2OS2/c1-11-8-9-13-14(10-11)23-16-15(13)17(21)20(18(19-16)22-2)12-6-4-3-5-7-12/h3-7,11H,8-10H2,1-2H3. The van der Waals surface area contributed by atoms with Crippen molar-refractivity contribution in [2.75, 3.05) is 6.26 Å². The summed E-state index contributed by atoms with van der Waals surface area (Å²) < 4.78 is 1.76. The van der Waals surface area contributed by atoms with Crippen LogP contribution in [0.1, 0.15) is 23.8 Å². The van der Waals surface area contributed by atoms with E-state index < -0.39 is 0 Å². The smallest absolute Gasteiger partial charge is 0.267 e. The lowest BCUT2D eigenvalue weighted by Crippen LogP contribution is -2.22. The zero-order valence-corrected chi connectivity index (χ0v) is 14.8. The van der Waals surface area contributed by atoms with E-state index in [4.69, 9.17) is 4.98 Å². The molecule has 0 radical (unpaired) electrons. The lowest BCUT2D eigenvalue weighted by atomic mass is 9.89. The normalized spacial score (nSPS) is 17.4. The lowest BCUT2D eigenvalue weighted by Gasteiger charge is -2.17. The molecular formula is C18H18N2OS2. The minimum Gasteiger partial charge on any atom is -0.268 e. The van der Waals surface area contributed by atoms with Crippen molar-refractivity contribution in [2.24, 2.45) is 5.92 Å². The molecule has 0 N–H and O–H groups in total. The first kappa shape index (κ1) is 15.0. The van der Waals surface area contributed by atoms with Crippen LogP contribution in [0.4, 0.5) is 0 Å². The third-order valence-corrected chi connectivity index (χ3v) is 6.28. The van der Waals surface area contributed by atoms with E-state index in [-0.39, 0.29) is 5.56 Å². The fourth-order valence-electron chi connectivity index (χ4n) is 3.31. The minimum absolute atomic E-state index is 0.0811. The van der Waals surface area contributed by atoms with Crippen molar-refractivity contribution < 1.29 is 0 Å². The highest BCUT2D eigenvalue weighted by atomic mass is 32.2. The van der Waals surface area contributed by atoms with Gasteiger partial charge in [0.2, 0.25) is 0 Å². The van der Waals surface area contributed by atoms with Crippen LogP contribution in [0.25, 0.3) is 15.9 Å². The van der Waals surface area contributed by atoms with E-state index in [1.165, 1.54) is 22.2 Å². The van der Waals surface area contributed by atoms with Crippen molar-refractivity contribution in [3.8, 4) is 5.69 Å². The average molecular weight is 342 g/mol. The SMILES string of the molecule is CSc1nc2sc3c(c2c(=O)n1-c1ccccc1)CCC(C)C3. The van der Waals surface area contributed by atoms with Crippen molar-refractivity contribution in [1.29, 1.82) is 0 Å². The number of aryl methyl sites for hydroxylation is 1. The molecule has 0 amide bonds. The first-order valence-corrected chi connectivity index (χ1v) is 9.90. The zero-order valence-electron chi connectivity index (χ0n) is 13.2. The highest BCUT2D eigenvalue weighted by Crippen LogP contribution is 2.36. The number of benzene rings is 1. The van der Waals surface area contributed by atoms with Crippen LogP contribution in [0, 0.1) is 5.92 Å². The van der Waals surface area contributed by atoms with Gasteiger partial charge in [0.25, 0.3) is 5.56 Å². The fraction of sp³-hybridized carbons (Fsp3) is 0.333. The molecule has 0 saturated heterocycles. The second-order valence-corrected chi connectivity index (χ2v) is 7.96. The second-order valence-electron chi connectivity index (χ2n) is 6.11. The van der Waals surface area contributed by atoms with E-state index in [1.807, 2.05) is 36.6 Å². The van der Waals surface area contributed by atoms with Gasteiger partial charge in [-0.2, -0.15) is 0 Å². The molecule has 1 aliphatic rings. The molecule has 2 heterocycles. The molecule has 2 aromatic heterocycles. The third-order valence-electron chi connectivity index (χ3n) is 4.50. The van der Waals surface area contributed by atoms with E-state index in [0.717, 1.165) is 40.3 Å². The van der Waals surface area contributed by atoms with E-state index in [2.05, 4.69) is 6.92 Å². The number of thioether (sulfide) groups is 1. The predicted molar refractivity (Wildman–Crippen MR) is 98.2 cm³/mol. The summed E-state index contributed by atoms with van der Waals surface area (Å²) in [4.78, 5) is 20.3. The molecule has 0 fully saturated rings. The van der Waals surface area contributed by atoms with Crippen LogP contribution in [-0.4, -0.2) is 15.8 Å². The maximum Gasteiger partial charge on any atom is 0.267 e. The lowest BCUT2D eigenvalue weighted by molar-refractivity contribution is 0.509. The van der Waals surface area contributed by atoms with Gasteiger partial charge in [-0.15, -0.1) is 11.3 Å². The maximum absolute atomic E-state index is 13.2. The Kier molecular flexibility index (Phi) is 3.77. The molecule has 1 unspecified atom stereocenters. The van der Waals surface area contributed by atoms with E-state index in [9.17, 15) is 4.79 Å². The molecule has 3 aromatic rings. The Morgan fingerprint density at radius 3 is 2.83 bits per heavy atom. The van der Waals surface area contributed by atoms with Crippen LogP contribution in [0.3, 0.4) is 0 Å². The molecule has 3 nitrogen and oxygen atoms in total. The molecule has 5 heteroatoms. The number of hydrogen-bond acceptors (Lipinski definition) is 4. The molecule has 1 aromatic carbocycles. The zero-order chi connectivity index (χ0) is 16.0. The Bertz CT molecular complexity index is 928. The molecule has 23 heavy (non-hydrogen) atoms. The third kappa shape index (κ3) is 2.42. The number of rotatable bonds is 2. The van der Waals surface area contributed by atoms with Gasteiger partial charge in [-0.1, -0.05) is 36.9 Å². The highest BCUT2D eigenvalue weighted by Gasteiger charge is 2.24. The van der Waals surface area contributed by atoms with Crippen molar-refractivity contribution in [1.82, 2.24) is 9.55 Å². The van der Waals surface area contributed by atoms with Crippen molar-refractivity contribution in [3.05, 3.63) is 51.1 Å². The Morgan fingerprint density at radius 2 is 2.09 bits per heavy atom. The molecule has 1 aliphatic carbocycles.